The van der Waals surface area contributed by atoms with Crippen LogP contribution in [0.4, 0.5) is 0 Å². The number of pyridine rings is 1. The third-order valence-corrected chi connectivity index (χ3v) is 7.70. The smallest absolute Gasteiger partial charge is 0.387 e. The van der Waals surface area contributed by atoms with E-state index in [1.54, 1.807) is 12.1 Å². The van der Waals surface area contributed by atoms with Gasteiger partial charge >= 0.3 is 8.24 Å². The number of hydrogen-bond acceptors (Lipinski definition) is 7. The van der Waals surface area contributed by atoms with Crippen LogP contribution >= 0.6 is 17.3 Å². The van der Waals surface area contributed by atoms with Crippen molar-refractivity contribution in [2.75, 3.05) is 0 Å². The topological polar surface area (TPSA) is 87.1 Å². The maximum absolute atomic E-state index is 10.2. The van der Waals surface area contributed by atoms with Crippen molar-refractivity contribution >= 4 is 39.2 Å². The van der Waals surface area contributed by atoms with Gasteiger partial charge in [0.15, 0.2) is 0 Å². The summed E-state index contributed by atoms with van der Waals surface area (Å²) in [4.78, 5) is 4.66. The van der Waals surface area contributed by atoms with Crippen LogP contribution in [-0.2, 0) is 17.7 Å². The molecule has 200 valence electrons. The van der Waals surface area contributed by atoms with Crippen molar-refractivity contribution < 1.29 is 27.1 Å². The van der Waals surface area contributed by atoms with Gasteiger partial charge in [0.25, 0.3) is 0 Å². The summed E-state index contributed by atoms with van der Waals surface area (Å²) in [7, 11) is -1.93. The van der Waals surface area contributed by atoms with Gasteiger partial charge in [-0.3, -0.25) is 9.51 Å². The molecule has 0 spiro atoms. The van der Waals surface area contributed by atoms with E-state index in [0.717, 1.165) is 38.9 Å². The SMILES string of the molecule is Oc1ccccc1-c1ccccc1OPOCc1cccc(COp2oc3ccccc3c3ccccc3o2)n1. The summed E-state index contributed by atoms with van der Waals surface area (Å²) in [5.74, 6) is 0.826. The number of fused-ring (bicyclic) bond motifs is 3. The maximum atomic E-state index is 10.2. The molecule has 0 saturated heterocycles. The Morgan fingerprint density at radius 2 is 1.25 bits per heavy atom. The van der Waals surface area contributed by atoms with Crippen LogP contribution in [0.15, 0.2) is 124 Å². The zero-order chi connectivity index (χ0) is 27.1. The summed E-state index contributed by atoms with van der Waals surface area (Å²) in [6.07, 6.45) is 0. The van der Waals surface area contributed by atoms with Crippen LogP contribution in [0.1, 0.15) is 11.4 Å². The molecule has 2 heterocycles. The molecule has 1 N–H and O–H groups in total. The first-order valence-corrected chi connectivity index (χ1v) is 14.5. The van der Waals surface area contributed by atoms with E-state index in [9.17, 15) is 5.11 Å². The minimum absolute atomic E-state index is 0.195. The standard InChI is InChI=1S/C31H25NO6P2/c33-28-16-5-1-12-24(28)25-13-2-6-17-29(25)36-39-34-20-22-10-9-11-23(32-22)21-35-40-37-30-18-7-3-14-26(30)27-15-4-8-19-31(27)38-40/h1-19,33,39H,20-21H2. The van der Waals surface area contributed by atoms with Gasteiger partial charge in [-0.05, 0) is 36.4 Å². The highest BCUT2D eigenvalue weighted by molar-refractivity contribution is 7.31. The minimum Gasteiger partial charge on any atom is -0.507 e. The lowest BCUT2D eigenvalue weighted by Gasteiger charge is -2.12. The molecule has 0 saturated carbocycles. The second-order valence-corrected chi connectivity index (χ2v) is 10.5. The molecule has 7 nitrogen and oxygen atoms in total. The summed E-state index contributed by atoms with van der Waals surface area (Å²) >= 11 is 0. The van der Waals surface area contributed by atoms with Crippen molar-refractivity contribution in [1.82, 2.24) is 4.98 Å². The Morgan fingerprint density at radius 1 is 0.650 bits per heavy atom. The fraction of sp³-hybridized carbons (Fsp3) is 0.0645. The van der Waals surface area contributed by atoms with Crippen molar-refractivity contribution in [2.24, 2.45) is 0 Å². The van der Waals surface area contributed by atoms with Crippen LogP contribution < -0.4 is 9.05 Å². The molecule has 0 aliphatic rings. The summed E-state index contributed by atoms with van der Waals surface area (Å²) in [6, 6.07) is 36.1. The third-order valence-electron chi connectivity index (χ3n) is 6.10. The van der Waals surface area contributed by atoms with Crippen LogP contribution in [0.3, 0.4) is 0 Å². The predicted molar refractivity (Wildman–Crippen MR) is 158 cm³/mol. The summed E-state index contributed by atoms with van der Waals surface area (Å²) in [5.41, 5.74) is 4.42. The van der Waals surface area contributed by atoms with Gasteiger partial charge in [0.2, 0.25) is 9.03 Å². The Morgan fingerprint density at radius 3 is 1.98 bits per heavy atom. The van der Waals surface area contributed by atoms with Gasteiger partial charge in [-0.15, -0.1) is 0 Å². The Kier molecular flexibility index (Phi) is 8.08. The number of hydrogen-bond donors (Lipinski definition) is 1. The van der Waals surface area contributed by atoms with E-state index in [2.05, 4.69) is 4.98 Å². The largest absolute Gasteiger partial charge is 0.507 e. The molecule has 9 heteroatoms. The van der Waals surface area contributed by atoms with Crippen LogP contribution in [0.2, 0.25) is 0 Å². The first-order valence-electron chi connectivity index (χ1n) is 12.6. The molecule has 0 bridgehead atoms. The molecule has 1 unspecified atom stereocenters. The molecule has 1 atom stereocenters. The molecule has 4 aromatic carbocycles. The monoisotopic (exact) mass is 569 g/mol. The number of nitrogens with zero attached hydrogens (tertiary/aromatic N) is 1. The molecular formula is C31H25NO6P2. The normalized spacial score (nSPS) is 11.4. The number of aromatic hydroxyl groups is 1. The molecule has 0 fully saturated rings. The summed E-state index contributed by atoms with van der Waals surface area (Å²) in [5, 5.41) is 12.2. The zero-order valence-electron chi connectivity index (χ0n) is 21.3. The van der Waals surface area contributed by atoms with Gasteiger partial charge in [0.1, 0.15) is 29.3 Å². The Bertz CT molecular complexity index is 1750. The van der Waals surface area contributed by atoms with Gasteiger partial charge in [-0.25, -0.2) is 0 Å². The second-order valence-electron chi connectivity index (χ2n) is 8.78. The summed E-state index contributed by atoms with van der Waals surface area (Å²) in [6.45, 7) is 0.490. The second kappa shape index (κ2) is 12.4. The van der Waals surface area contributed by atoms with Crippen molar-refractivity contribution in [3.8, 4) is 22.6 Å². The van der Waals surface area contributed by atoms with Crippen molar-refractivity contribution in [3.05, 3.63) is 127 Å². The highest BCUT2D eigenvalue weighted by atomic mass is 31.1. The third kappa shape index (κ3) is 6.04. The van der Waals surface area contributed by atoms with E-state index < -0.39 is 8.24 Å². The number of aromatic nitrogens is 1. The number of phenolic OH excluding ortho intramolecular Hbond substituents is 1. The fourth-order valence-corrected chi connectivity index (χ4v) is 5.79. The van der Waals surface area contributed by atoms with Crippen molar-refractivity contribution in [3.63, 3.8) is 0 Å². The lowest BCUT2D eigenvalue weighted by Crippen LogP contribution is -1.99. The fourth-order valence-electron chi connectivity index (χ4n) is 4.24. The van der Waals surface area contributed by atoms with E-state index in [4.69, 9.17) is 22.0 Å². The molecule has 0 aliphatic carbocycles. The summed E-state index contributed by atoms with van der Waals surface area (Å²) < 4.78 is 29.9. The van der Waals surface area contributed by atoms with Crippen LogP contribution in [0.25, 0.3) is 33.1 Å². The first kappa shape index (κ1) is 26.1. The van der Waals surface area contributed by atoms with E-state index in [-0.39, 0.29) is 28.0 Å². The maximum Gasteiger partial charge on any atom is 0.387 e. The zero-order valence-corrected chi connectivity index (χ0v) is 23.2. The molecule has 40 heavy (non-hydrogen) atoms. The van der Waals surface area contributed by atoms with Gasteiger partial charge in [-0.1, -0.05) is 78.9 Å². The molecule has 6 aromatic rings. The van der Waals surface area contributed by atoms with Gasteiger partial charge in [0, 0.05) is 21.9 Å². The molecule has 0 aliphatic heterocycles. The van der Waals surface area contributed by atoms with Gasteiger partial charge < -0.3 is 22.5 Å². The van der Waals surface area contributed by atoms with Gasteiger partial charge in [0.05, 0.1) is 18.0 Å². The van der Waals surface area contributed by atoms with Crippen molar-refractivity contribution in [1.29, 1.82) is 0 Å². The highest BCUT2D eigenvalue weighted by Gasteiger charge is 2.11. The number of rotatable bonds is 9. The van der Waals surface area contributed by atoms with E-state index in [0.29, 0.717) is 11.3 Å². The van der Waals surface area contributed by atoms with Crippen LogP contribution in [-0.4, -0.2) is 10.1 Å². The highest BCUT2D eigenvalue weighted by Crippen LogP contribution is 2.38. The number of para-hydroxylation sites is 4. The molecular weight excluding hydrogens is 544 g/mol. The molecule has 0 amide bonds. The average molecular weight is 569 g/mol. The molecule has 2 aromatic heterocycles. The minimum atomic E-state index is -1.68. The average Bonchev–Trinajstić information content (AvgIpc) is 3.16. The first-order chi connectivity index (χ1) is 19.7. The lowest BCUT2D eigenvalue weighted by molar-refractivity contribution is 0.312. The lowest BCUT2D eigenvalue weighted by atomic mass is 10.0. The Balaban J connectivity index is 1.10. The molecule has 6 rings (SSSR count). The van der Waals surface area contributed by atoms with E-state index in [1.807, 2.05) is 103 Å². The number of benzene rings is 4. The quantitative estimate of drug-likeness (QED) is 0.138. The molecule has 0 radical (unpaired) electrons. The Labute approximate surface area is 233 Å². The number of phenols is 1. The van der Waals surface area contributed by atoms with Crippen molar-refractivity contribution in [2.45, 2.75) is 13.2 Å². The predicted octanol–water partition coefficient (Wildman–Crippen LogP) is 8.79. The van der Waals surface area contributed by atoms with Crippen LogP contribution in [0, 0.1) is 0 Å². The Hall–Kier alpha value is -4.12. The van der Waals surface area contributed by atoms with Gasteiger partial charge in [-0.2, -0.15) is 0 Å². The van der Waals surface area contributed by atoms with E-state index in [1.165, 1.54) is 0 Å². The van der Waals surface area contributed by atoms with E-state index >= 15 is 0 Å². The van der Waals surface area contributed by atoms with Crippen LogP contribution in [0.5, 0.6) is 11.5 Å².